The van der Waals surface area contributed by atoms with Gasteiger partial charge in [0.2, 0.25) is 5.91 Å². The number of amides is 1. The van der Waals surface area contributed by atoms with E-state index in [1.165, 1.54) is 5.56 Å². The Balaban J connectivity index is 1.97. The zero-order chi connectivity index (χ0) is 14.6. The molecule has 110 valence electrons. The molecule has 0 saturated heterocycles. The number of aliphatic carboxylic acids is 1. The van der Waals surface area contributed by atoms with Crippen LogP contribution in [0, 0.1) is 0 Å². The van der Waals surface area contributed by atoms with Crippen LogP contribution in [0.25, 0.3) is 0 Å². The van der Waals surface area contributed by atoms with Crippen LogP contribution >= 0.6 is 11.8 Å². The zero-order valence-electron chi connectivity index (χ0n) is 11.5. The van der Waals surface area contributed by atoms with Crippen molar-refractivity contribution in [1.29, 1.82) is 0 Å². The van der Waals surface area contributed by atoms with Gasteiger partial charge in [0, 0.05) is 18.7 Å². The molecule has 0 unspecified atom stereocenters. The maximum Gasteiger partial charge on any atom is 0.303 e. The molecule has 0 radical (unpaired) electrons. The van der Waals surface area contributed by atoms with Crippen molar-refractivity contribution >= 4 is 23.6 Å². The Hall–Kier alpha value is -1.49. The van der Waals surface area contributed by atoms with Gasteiger partial charge in [-0.2, -0.15) is 0 Å². The summed E-state index contributed by atoms with van der Waals surface area (Å²) in [6.07, 6.45) is 2.56. The van der Waals surface area contributed by atoms with Gasteiger partial charge in [0.25, 0.3) is 0 Å². The number of unbranched alkanes of at least 4 members (excludes halogenated alkanes) is 2. The molecule has 1 aromatic carbocycles. The molecular weight excluding hydrogens is 274 g/mol. The van der Waals surface area contributed by atoms with Gasteiger partial charge >= 0.3 is 5.97 Å². The molecular formula is C15H21NO3S. The van der Waals surface area contributed by atoms with Gasteiger partial charge in [-0.05, 0) is 18.4 Å². The number of thioether (sulfide) groups is 1. The fourth-order valence-corrected chi connectivity index (χ4v) is 2.51. The molecule has 0 aromatic heterocycles. The summed E-state index contributed by atoms with van der Waals surface area (Å²) in [4.78, 5) is 21.9. The van der Waals surface area contributed by atoms with E-state index in [2.05, 4.69) is 5.32 Å². The first-order valence-electron chi connectivity index (χ1n) is 6.78. The smallest absolute Gasteiger partial charge is 0.303 e. The summed E-state index contributed by atoms with van der Waals surface area (Å²) in [5.74, 6) is 0.590. The van der Waals surface area contributed by atoms with E-state index in [-0.39, 0.29) is 12.3 Å². The molecule has 0 bridgehead atoms. The van der Waals surface area contributed by atoms with E-state index >= 15 is 0 Å². The first-order chi connectivity index (χ1) is 9.68. The third-order valence-electron chi connectivity index (χ3n) is 2.73. The van der Waals surface area contributed by atoms with Crippen LogP contribution < -0.4 is 5.32 Å². The number of carboxylic acids is 1. The monoisotopic (exact) mass is 295 g/mol. The highest BCUT2D eigenvalue weighted by Crippen LogP contribution is 2.11. The first kappa shape index (κ1) is 16.6. The van der Waals surface area contributed by atoms with Crippen LogP contribution in [0.1, 0.15) is 31.2 Å². The summed E-state index contributed by atoms with van der Waals surface area (Å²) in [7, 11) is 0. The topological polar surface area (TPSA) is 66.4 Å². The molecule has 0 fully saturated rings. The molecule has 0 aliphatic carbocycles. The maximum absolute atomic E-state index is 11.5. The fourth-order valence-electron chi connectivity index (χ4n) is 1.69. The second-order valence-electron chi connectivity index (χ2n) is 4.53. The number of rotatable bonds is 10. The van der Waals surface area contributed by atoms with Gasteiger partial charge in [-0.1, -0.05) is 36.8 Å². The molecule has 0 aliphatic rings. The van der Waals surface area contributed by atoms with Gasteiger partial charge < -0.3 is 10.4 Å². The van der Waals surface area contributed by atoms with Gasteiger partial charge in [0.15, 0.2) is 0 Å². The SMILES string of the molecule is O=C(O)CCCCCNC(=O)CSCc1ccccc1. The average molecular weight is 295 g/mol. The summed E-state index contributed by atoms with van der Waals surface area (Å²) in [6.45, 7) is 0.629. The van der Waals surface area contributed by atoms with Crippen LogP contribution in [0.4, 0.5) is 0 Å². The lowest BCUT2D eigenvalue weighted by Gasteiger charge is -2.05. The van der Waals surface area contributed by atoms with Crippen LogP contribution in [0.2, 0.25) is 0 Å². The predicted octanol–water partition coefficient (Wildman–Crippen LogP) is 2.68. The third-order valence-corrected chi connectivity index (χ3v) is 3.74. The van der Waals surface area contributed by atoms with Crippen molar-refractivity contribution in [3.63, 3.8) is 0 Å². The van der Waals surface area contributed by atoms with Gasteiger partial charge in [0.1, 0.15) is 0 Å². The molecule has 0 atom stereocenters. The Morgan fingerprint density at radius 3 is 2.55 bits per heavy atom. The van der Waals surface area contributed by atoms with Crippen molar-refractivity contribution < 1.29 is 14.7 Å². The number of carbonyl (C=O) groups is 2. The summed E-state index contributed by atoms with van der Waals surface area (Å²) in [5, 5.41) is 11.3. The number of carbonyl (C=O) groups excluding carboxylic acids is 1. The van der Waals surface area contributed by atoms with Crippen LogP contribution in [-0.4, -0.2) is 29.3 Å². The average Bonchev–Trinajstić information content (AvgIpc) is 2.43. The van der Waals surface area contributed by atoms with Gasteiger partial charge in [0.05, 0.1) is 5.75 Å². The van der Waals surface area contributed by atoms with E-state index in [1.807, 2.05) is 30.3 Å². The molecule has 0 spiro atoms. The normalized spacial score (nSPS) is 10.2. The summed E-state index contributed by atoms with van der Waals surface area (Å²) in [5.41, 5.74) is 1.22. The molecule has 0 aliphatic heterocycles. The van der Waals surface area contributed by atoms with Crippen LogP contribution in [0.5, 0.6) is 0 Å². The van der Waals surface area contributed by atoms with Gasteiger partial charge in [-0.25, -0.2) is 0 Å². The molecule has 0 saturated carbocycles. The van der Waals surface area contributed by atoms with Crippen molar-refractivity contribution in [2.24, 2.45) is 0 Å². The van der Waals surface area contributed by atoms with Crippen molar-refractivity contribution in [3.8, 4) is 0 Å². The number of nitrogens with one attached hydrogen (secondary N) is 1. The first-order valence-corrected chi connectivity index (χ1v) is 7.94. The van der Waals surface area contributed by atoms with E-state index in [9.17, 15) is 9.59 Å². The van der Waals surface area contributed by atoms with Gasteiger partial charge in [-0.3, -0.25) is 9.59 Å². The van der Waals surface area contributed by atoms with E-state index in [1.54, 1.807) is 11.8 Å². The lowest BCUT2D eigenvalue weighted by Crippen LogP contribution is -2.26. The number of hydrogen-bond acceptors (Lipinski definition) is 3. The predicted molar refractivity (Wildman–Crippen MR) is 81.7 cm³/mol. The maximum atomic E-state index is 11.5. The molecule has 0 heterocycles. The third kappa shape index (κ3) is 8.58. The second kappa shape index (κ2) is 10.3. The lowest BCUT2D eigenvalue weighted by molar-refractivity contribution is -0.137. The second-order valence-corrected chi connectivity index (χ2v) is 5.52. The number of hydrogen-bond donors (Lipinski definition) is 2. The molecule has 20 heavy (non-hydrogen) atoms. The lowest BCUT2D eigenvalue weighted by atomic mass is 10.2. The number of carboxylic acid groups (broad SMARTS) is 1. The Morgan fingerprint density at radius 1 is 1.10 bits per heavy atom. The Morgan fingerprint density at radius 2 is 1.85 bits per heavy atom. The van der Waals surface area contributed by atoms with E-state index in [0.29, 0.717) is 18.7 Å². The highest BCUT2D eigenvalue weighted by Gasteiger charge is 2.02. The fraction of sp³-hybridized carbons (Fsp3) is 0.467. The summed E-state index contributed by atoms with van der Waals surface area (Å²) < 4.78 is 0. The molecule has 4 nitrogen and oxygen atoms in total. The summed E-state index contributed by atoms with van der Waals surface area (Å²) >= 11 is 1.60. The molecule has 1 aromatic rings. The van der Waals surface area contributed by atoms with Crippen LogP contribution in [0.3, 0.4) is 0 Å². The van der Waals surface area contributed by atoms with Crippen LogP contribution in [-0.2, 0) is 15.3 Å². The van der Waals surface area contributed by atoms with Crippen molar-refractivity contribution in [2.45, 2.75) is 31.4 Å². The minimum Gasteiger partial charge on any atom is -0.481 e. The van der Waals surface area contributed by atoms with E-state index < -0.39 is 5.97 Å². The number of benzene rings is 1. The Kier molecular flexibility index (Phi) is 8.54. The van der Waals surface area contributed by atoms with Crippen molar-refractivity contribution in [1.82, 2.24) is 5.32 Å². The molecule has 1 amide bonds. The van der Waals surface area contributed by atoms with Crippen LogP contribution in [0.15, 0.2) is 30.3 Å². The molecule has 2 N–H and O–H groups in total. The highest BCUT2D eigenvalue weighted by molar-refractivity contribution is 7.99. The standard InChI is InChI=1S/C15H21NO3S/c17-14(16-10-6-2-5-9-15(18)19)12-20-11-13-7-3-1-4-8-13/h1,3-4,7-8H,2,5-6,9-12H2,(H,16,17)(H,18,19). The molecule has 1 rings (SSSR count). The molecule has 5 heteroatoms. The minimum absolute atomic E-state index is 0.0455. The zero-order valence-corrected chi connectivity index (χ0v) is 12.3. The highest BCUT2D eigenvalue weighted by atomic mass is 32.2. The minimum atomic E-state index is -0.758. The van der Waals surface area contributed by atoms with Gasteiger partial charge in [-0.15, -0.1) is 11.8 Å². The Bertz CT molecular complexity index is 409. The summed E-state index contributed by atoms with van der Waals surface area (Å²) in [6, 6.07) is 10.1. The van der Waals surface area contributed by atoms with Crippen molar-refractivity contribution in [3.05, 3.63) is 35.9 Å². The van der Waals surface area contributed by atoms with Crippen molar-refractivity contribution in [2.75, 3.05) is 12.3 Å². The Labute approximate surface area is 124 Å². The van der Waals surface area contributed by atoms with E-state index in [0.717, 1.165) is 18.6 Å². The largest absolute Gasteiger partial charge is 0.481 e. The quantitative estimate of drug-likeness (QED) is 0.651. The van der Waals surface area contributed by atoms with E-state index in [4.69, 9.17) is 5.11 Å².